The molecule has 2 rings (SSSR count). The van der Waals surface area contributed by atoms with E-state index in [-0.39, 0.29) is 23.7 Å². The summed E-state index contributed by atoms with van der Waals surface area (Å²) < 4.78 is 45.3. The third-order valence-electron chi connectivity index (χ3n) is 2.79. The van der Waals surface area contributed by atoms with Crippen LogP contribution < -0.4 is 14.8 Å². The molecule has 0 bridgehead atoms. The molecule has 2 aromatic rings. The molecule has 0 spiro atoms. The lowest BCUT2D eigenvalue weighted by Gasteiger charge is -2.11. The molecule has 1 aromatic heterocycles. The van der Waals surface area contributed by atoms with Crippen molar-refractivity contribution < 1.29 is 27.4 Å². The average molecular weight is 326 g/mol. The summed E-state index contributed by atoms with van der Waals surface area (Å²) in [4.78, 5) is 16.0. The summed E-state index contributed by atoms with van der Waals surface area (Å²) in [6, 6.07) is 8.48. The van der Waals surface area contributed by atoms with E-state index in [1.165, 1.54) is 37.6 Å². The van der Waals surface area contributed by atoms with Gasteiger partial charge in [-0.1, -0.05) is 12.1 Å². The number of halogens is 3. The van der Waals surface area contributed by atoms with Gasteiger partial charge in [0, 0.05) is 12.7 Å². The van der Waals surface area contributed by atoms with Gasteiger partial charge in [-0.15, -0.1) is 13.2 Å². The Bertz CT molecular complexity index is 690. The number of benzene rings is 1. The van der Waals surface area contributed by atoms with Crippen molar-refractivity contribution in [2.45, 2.75) is 12.9 Å². The number of aromatic nitrogens is 1. The van der Waals surface area contributed by atoms with E-state index >= 15 is 0 Å². The van der Waals surface area contributed by atoms with Crippen molar-refractivity contribution in [3.05, 3.63) is 53.7 Å². The van der Waals surface area contributed by atoms with Gasteiger partial charge in [-0.3, -0.25) is 4.79 Å². The minimum absolute atomic E-state index is 0.0337. The van der Waals surface area contributed by atoms with Crippen LogP contribution in [-0.2, 0) is 6.54 Å². The van der Waals surface area contributed by atoms with E-state index < -0.39 is 12.3 Å². The molecule has 1 aromatic carbocycles. The van der Waals surface area contributed by atoms with Gasteiger partial charge in [0.05, 0.1) is 7.11 Å². The monoisotopic (exact) mass is 326 g/mol. The van der Waals surface area contributed by atoms with Crippen molar-refractivity contribution in [3.63, 3.8) is 0 Å². The third-order valence-corrected chi connectivity index (χ3v) is 2.79. The van der Waals surface area contributed by atoms with Crippen LogP contribution in [0.3, 0.4) is 0 Å². The van der Waals surface area contributed by atoms with Gasteiger partial charge in [-0.05, 0) is 29.8 Å². The molecule has 8 heteroatoms. The van der Waals surface area contributed by atoms with Crippen LogP contribution in [0.2, 0.25) is 0 Å². The quantitative estimate of drug-likeness (QED) is 0.918. The van der Waals surface area contributed by atoms with E-state index in [0.29, 0.717) is 5.56 Å². The number of hydrogen-bond acceptors (Lipinski definition) is 4. The number of nitrogens with one attached hydrogen (secondary N) is 1. The first kappa shape index (κ1) is 16.6. The second-order valence-corrected chi connectivity index (χ2v) is 4.44. The van der Waals surface area contributed by atoms with Crippen molar-refractivity contribution in [3.8, 4) is 11.6 Å². The summed E-state index contributed by atoms with van der Waals surface area (Å²) in [5.74, 6) is -0.626. The zero-order chi connectivity index (χ0) is 16.9. The van der Waals surface area contributed by atoms with Crippen molar-refractivity contribution in [2.75, 3.05) is 7.11 Å². The van der Waals surface area contributed by atoms with Gasteiger partial charge in [0.25, 0.3) is 5.91 Å². The fourth-order valence-electron chi connectivity index (χ4n) is 1.86. The number of nitrogens with zero attached hydrogens (tertiary/aromatic N) is 1. The largest absolute Gasteiger partial charge is 0.573 e. The molecule has 0 fully saturated rings. The first-order chi connectivity index (χ1) is 10.9. The number of pyridine rings is 1. The summed E-state index contributed by atoms with van der Waals surface area (Å²) in [7, 11) is 1.39. The highest BCUT2D eigenvalue weighted by atomic mass is 19.4. The zero-order valence-corrected chi connectivity index (χ0v) is 12.1. The number of amides is 1. The van der Waals surface area contributed by atoms with Gasteiger partial charge < -0.3 is 14.8 Å². The normalized spacial score (nSPS) is 11.0. The van der Waals surface area contributed by atoms with E-state index in [0.717, 1.165) is 0 Å². The molecule has 0 radical (unpaired) electrons. The minimum Gasteiger partial charge on any atom is -0.480 e. The minimum atomic E-state index is -4.76. The summed E-state index contributed by atoms with van der Waals surface area (Å²) in [6.07, 6.45) is -3.28. The fraction of sp³-hybridized carbons (Fsp3) is 0.200. The SMILES string of the molecule is COc1ncccc1C(=O)NCc1cccc(OC(F)(F)F)c1. The average Bonchev–Trinajstić information content (AvgIpc) is 2.51. The molecule has 0 unspecified atom stereocenters. The number of carbonyl (C=O) groups is 1. The van der Waals surface area contributed by atoms with Crippen LogP contribution in [0.25, 0.3) is 0 Å². The number of rotatable bonds is 5. The first-order valence-electron chi connectivity index (χ1n) is 6.51. The van der Waals surface area contributed by atoms with E-state index in [4.69, 9.17) is 4.74 Å². The fourth-order valence-corrected chi connectivity index (χ4v) is 1.86. The van der Waals surface area contributed by atoms with Crippen LogP contribution in [-0.4, -0.2) is 24.4 Å². The summed E-state index contributed by atoms with van der Waals surface area (Å²) >= 11 is 0. The van der Waals surface area contributed by atoms with Crippen molar-refractivity contribution >= 4 is 5.91 Å². The zero-order valence-electron chi connectivity index (χ0n) is 12.1. The molecule has 0 aliphatic carbocycles. The molecule has 122 valence electrons. The predicted octanol–water partition coefficient (Wildman–Crippen LogP) is 2.92. The maximum Gasteiger partial charge on any atom is 0.573 e. The van der Waals surface area contributed by atoms with E-state index in [1.54, 1.807) is 12.1 Å². The molecule has 23 heavy (non-hydrogen) atoms. The van der Waals surface area contributed by atoms with Gasteiger partial charge in [0.15, 0.2) is 0 Å². The second-order valence-electron chi connectivity index (χ2n) is 4.44. The standard InChI is InChI=1S/C15H13F3N2O3/c1-22-14-12(6-3-7-19-14)13(21)20-9-10-4-2-5-11(8-10)23-15(16,17)18/h2-8H,9H2,1H3,(H,20,21). The van der Waals surface area contributed by atoms with E-state index in [9.17, 15) is 18.0 Å². The Balaban J connectivity index is 2.03. The molecule has 1 heterocycles. The number of alkyl halides is 3. The van der Waals surface area contributed by atoms with Gasteiger partial charge >= 0.3 is 6.36 Å². The van der Waals surface area contributed by atoms with Crippen LogP contribution in [0.1, 0.15) is 15.9 Å². The van der Waals surface area contributed by atoms with Crippen molar-refractivity contribution in [1.82, 2.24) is 10.3 Å². The highest BCUT2D eigenvalue weighted by Gasteiger charge is 2.31. The molecule has 0 atom stereocenters. The maximum absolute atomic E-state index is 12.2. The number of carbonyl (C=O) groups excluding carboxylic acids is 1. The number of ether oxygens (including phenoxy) is 2. The van der Waals surface area contributed by atoms with Gasteiger partial charge in [-0.2, -0.15) is 0 Å². The van der Waals surface area contributed by atoms with Gasteiger partial charge in [0.1, 0.15) is 11.3 Å². The molecule has 5 nitrogen and oxygen atoms in total. The van der Waals surface area contributed by atoms with Crippen LogP contribution in [0.4, 0.5) is 13.2 Å². The lowest BCUT2D eigenvalue weighted by molar-refractivity contribution is -0.274. The molecular formula is C15H13F3N2O3. The van der Waals surface area contributed by atoms with Crippen molar-refractivity contribution in [2.24, 2.45) is 0 Å². The van der Waals surface area contributed by atoms with Crippen LogP contribution in [0, 0.1) is 0 Å². The smallest absolute Gasteiger partial charge is 0.480 e. The van der Waals surface area contributed by atoms with Gasteiger partial charge in [0.2, 0.25) is 5.88 Å². The molecular weight excluding hydrogens is 313 g/mol. The molecule has 0 saturated carbocycles. The molecule has 1 N–H and O–H groups in total. The van der Waals surface area contributed by atoms with E-state index in [1.807, 2.05) is 0 Å². The predicted molar refractivity (Wildman–Crippen MR) is 75.1 cm³/mol. The molecule has 0 saturated heterocycles. The summed E-state index contributed by atoms with van der Waals surface area (Å²) in [6.45, 7) is 0.0337. The van der Waals surface area contributed by atoms with Crippen LogP contribution in [0.15, 0.2) is 42.6 Å². The van der Waals surface area contributed by atoms with Crippen molar-refractivity contribution in [1.29, 1.82) is 0 Å². The second kappa shape index (κ2) is 6.99. The lowest BCUT2D eigenvalue weighted by atomic mass is 10.2. The summed E-state index contributed by atoms with van der Waals surface area (Å²) in [5.41, 5.74) is 0.695. The molecule has 0 aliphatic heterocycles. The Kier molecular flexibility index (Phi) is 5.05. The Labute approximate surface area is 130 Å². The molecule has 0 aliphatic rings. The highest BCUT2D eigenvalue weighted by Crippen LogP contribution is 2.23. The Hall–Kier alpha value is -2.77. The topological polar surface area (TPSA) is 60.5 Å². The van der Waals surface area contributed by atoms with Crippen LogP contribution in [0.5, 0.6) is 11.6 Å². The lowest BCUT2D eigenvalue weighted by Crippen LogP contribution is -2.23. The van der Waals surface area contributed by atoms with E-state index in [2.05, 4.69) is 15.0 Å². The number of hydrogen-bond donors (Lipinski definition) is 1. The maximum atomic E-state index is 12.2. The Morgan fingerprint density at radius 2 is 2.04 bits per heavy atom. The Morgan fingerprint density at radius 3 is 2.74 bits per heavy atom. The first-order valence-corrected chi connectivity index (χ1v) is 6.51. The number of methoxy groups -OCH3 is 1. The third kappa shape index (κ3) is 4.87. The summed E-state index contributed by atoms with van der Waals surface area (Å²) in [5, 5.41) is 2.58. The highest BCUT2D eigenvalue weighted by molar-refractivity contribution is 5.96. The van der Waals surface area contributed by atoms with Crippen LogP contribution >= 0.6 is 0 Å². The molecule has 1 amide bonds. The van der Waals surface area contributed by atoms with Gasteiger partial charge in [-0.25, -0.2) is 4.98 Å². The Morgan fingerprint density at radius 1 is 1.26 bits per heavy atom.